The van der Waals surface area contributed by atoms with Crippen molar-refractivity contribution in [2.24, 2.45) is 10.3 Å². The van der Waals surface area contributed by atoms with Crippen LogP contribution in [0.3, 0.4) is 0 Å². The molecule has 8 heteroatoms. The highest BCUT2D eigenvalue weighted by atomic mass is 35.5. The maximum absolute atomic E-state index is 13.2. The normalized spacial score (nSPS) is 11.9. The molecule has 28 heavy (non-hydrogen) atoms. The van der Waals surface area contributed by atoms with Gasteiger partial charge in [0.05, 0.1) is 10.7 Å². The average molecular weight is 406 g/mol. The van der Waals surface area contributed by atoms with Gasteiger partial charge in [-0.2, -0.15) is 0 Å². The molecule has 2 rings (SSSR count). The van der Waals surface area contributed by atoms with Gasteiger partial charge >= 0.3 is 0 Å². The highest BCUT2D eigenvalue weighted by Crippen LogP contribution is 2.20. The van der Waals surface area contributed by atoms with Crippen LogP contribution < -0.4 is 5.32 Å². The fourth-order valence-corrected chi connectivity index (χ4v) is 2.87. The number of rotatable bonds is 7. The molecule has 0 heterocycles. The number of nitrogens with one attached hydrogen (secondary N) is 1. The second-order valence-corrected chi connectivity index (χ2v) is 6.28. The first-order valence-electron chi connectivity index (χ1n) is 8.43. The van der Waals surface area contributed by atoms with Crippen molar-refractivity contribution in [3.8, 4) is 0 Å². The largest absolute Gasteiger partial charge is 0.398 e. The summed E-state index contributed by atoms with van der Waals surface area (Å²) >= 11 is 6.05. The minimum absolute atomic E-state index is 0.0951. The van der Waals surface area contributed by atoms with E-state index in [-0.39, 0.29) is 23.2 Å². The highest BCUT2D eigenvalue weighted by Gasteiger charge is 2.19. The van der Waals surface area contributed by atoms with Crippen molar-refractivity contribution in [3.05, 3.63) is 69.5 Å². The Kier molecular flexibility index (Phi) is 7.52. The molecule has 0 radical (unpaired) electrons. The van der Waals surface area contributed by atoms with Gasteiger partial charge in [0, 0.05) is 23.7 Å². The zero-order chi connectivity index (χ0) is 20.7. The van der Waals surface area contributed by atoms with E-state index in [1.165, 1.54) is 32.4 Å². The molecule has 0 aromatic heterocycles. The van der Waals surface area contributed by atoms with Crippen LogP contribution in [-0.4, -0.2) is 31.5 Å². The van der Waals surface area contributed by atoms with E-state index in [4.69, 9.17) is 21.3 Å². The van der Waals surface area contributed by atoms with E-state index >= 15 is 0 Å². The molecule has 0 bridgehead atoms. The third kappa shape index (κ3) is 5.07. The summed E-state index contributed by atoms with van der Waals surface area (Å²) in [4.78, 5) is 22.5. The van der Waals surface area contributed by atoms with E-state index in [2.05, 4.69) is 15.6 Å². The Labute approximate surface area is 168 Å². The molecule has 0 atom stereocenters. The Morgan fingerprint density at radius 1 is 1.21 bits per heavy atom. The van der Waals surface area contributed by atoms with Crippen molar-refractivity contribution in [2.75, 3.05) is 14.2 Å². The molecule has 0 aliphatic rings. The SMILES string of the molecule is CNC(=O)/C(=N/OC)c1cccc(C)c1CO/N=C(\C)c1ccc(F)cc1Cl. The van der Waals surface area contributed by atoms with Gasteiger partial charge in [-0.1, -0.05) is 40.1 Å². The monoisotopic (exact) mass is 405 g/mol. The van der Waals surface area contributed by atoms with Crippen molar-refractivity contribution < 1.29 is 18.9 Å². The van der Waals surface area contributed by atoms with Crippen molar-refractivity contribution in [1.82, 2.24) is 5.32 Å². The van der Waals surface area contributed by atoms with Crippen LogP contribution in [0.15, 0.2) is 46.7 Å². The molecule has 2 aromatic rings. The zero-order valence-electron chi connectivity index (χ0n) is 16.0. The molecule has 2 aromatic carbocycles. The number of carbonyl (C=O) groups is 1. The Morgan fingerprint density at radius 2 is 1.96 bits per heavy atom. The quantitative estimate of drug-likeness (QED) is 0.562. The van der Waals surface area contributed by atoms with Gasteiger partial charge in [-0.05, 0) is 37.6 Å². The van der Waals surface area contributed by atoms with Gasteiger partial charge in [-0.3, -0.25) is 4.79 Å². The van der Waals surface area contributed by atoms with E-state index in [0.717, 1.165) is 11.1 Å². The minimum Gasteiger partial charge on any atom is -0.398 e. The number of nitrogens with zero attached hydrogens (tertiary/aromatic N) is 2. The van der Waals surface area contributed by atoms with Gasteiger partial charge in [0.25, 0.3) is 5.91 Å². The van der Waals surface area contributed by atoms with E-state index < -0.39 is 5.82 Å². The van der Waals surface area contributed by atoms with Crippen LogP contribution in [0.5, 0.6) is 0 Å². The summed E-state index contributed by atoms with van der Waals surface area (Å²) < 4.78 is 13.2. The first-order chi connectivity index (χ1) is 13.4. The van der Waals surface area contributed by atoms with Crippen LogP contribution in [0, 0.1) is 12.7 Å². The number of carbonyl (C=O) groups excluding carboxylic acids is 1. The Morgan fingerprint density at radius 3 is 2.61 bits per heavy atom. The minimum atomic E-state index is -0.425. The summed E-state index contributed by atoms with van der Waals surface area (Å²) in [7, 11) is 2.88. The average Bonchev–Trinajstić information content (AvgIpc) is 2.66. The van der Waals surface area contributed by atoms with Crippen LogP contribution in [0.1, 0.15) is 29.2 Å². The van der Waals surface area contributed by atoms with Gasteiger partial charge < -0.3 is 15.0 Å². The summed E-state index contributed by atoms with van der Waals surface area (Å²) in [5, 5.41) is 10.7. The molecule has 0 unspecified atom stereocenters. The molecular formula is C20H21ClFN3O3. The Balaban J connectivity index is 2.29. The number of halogens is 2. The first-order valence-corrected chi connectivity index (χ1v) is 8.80. The smallest absolute Gasteiger partial charge is 0.273 e. The number of likely N-dealkylation sites (N-methyl/N-ethyl adjacent to an activating group) is 1. The topological polar surface area (TPSA) is 72.3 Å². The Bertz CT molecular complexity index is 929. The second-order valence-electron chi connectivity index (χ2n) is 5.88. The summed E-state index contributed by atoms with van der Waals surface area (Å²) in [5.41, 5.74) is 3.42. The maximum Gasteiger partial charge on any atom is 0.273 e. The number of hydrogen-bond donors (Lipinski definition) is 1. The lowest BCUT2D eigenvalue weighted by atomic mass is 9.98. The number of amides is 1. The number of benzene rings is 2. The van der Waals surface area contributed by atoms with Gasteiger partial charge in [0.15, 0.2) is 5.71 Å². The molecule has 6 nitrogen and oxygen atoms in total. The molecule has 1 N–H and O–H groups in total. The molecule has 0 aliphatic heterocycles. The summed E-state index contributed by atoms with van der Waals surface area (Å²) in [6, 6.07) is 9.52. The molecule has 0 fully saturated rings. The van der Waals surface area contributed by atoms with Crippen LogP contribution in [0.4, 0.5) is 4.39 Å². The lowest BCUT2D eigenvalue weighted by Crippen LogP contribution is -2.29. The third-order valence-corrected chi connectivity index (χ3v) is 4.33. The predicted octanol–water partition coefficient (Wildman–Crippen LogP) is 3.82. The highest BCUT2D eigenvalue weighted by molar-refractivity contribution is 6.45. The summed E-state index contributed by atoms with van der Waals surface area (Å²) in [6.07, 6.45) is 0. The van der Waals surface area contributed by atoms with E-state index in [9.17, 15) is 9.18 Å². The van der Waals surface area contributed by atoms with Crippen LogP contribution in [-0.2, 0) is 21.1 Å². The van der Waals surface area contributed by atoms with Gasteiger partial charge in [-0.15, -0.1) is 0 Å². The summed E-state index contributed by atoms with van der Waals surface area (Å²) in [6.45, 7) is 3.70. The number of aryl methyl sites for hydroxylation is 1. The van der Waals surface area contributed by atoms with Gasteiger partial charge in [0.1, 0.15) is 19.5 Å². The van der Waals surface area contributed by atoms with Crippen molar-refractivity contribution in [1.29, 1.82) is 0 Å². The molecule has 0 aliphatic carbocycles. The molecule has 0 saturated heterocycles. The Hall–Kier alpha value is -2.93. The molecule has 1 amide bonds. The third-order valence-electron chi connectivity index (χ3n) is 4.02. The molecular weight excluding hydrogens is 385 g/mol. The van der Waals surface area contributed by atoms with Crippen LogP contribution in [0.2, 0.25) is 5.02 Å². The standard InChI is InChI=1S/C20H21ClFN3O3/c1-12-6-5-7-16(19(25-27-4)20(26)23-3)17(12)11-28-24-13(2)15-9-8-14(22)10-18(15)21/h5-10H,11H2,1-4H3,(H,23,26)/b24-13+,25-19+. The first kappa shape index (κ1) is 21.4. The molecule has 0 saturated carbocycles. The second kappa shape index (κ2) is 9.85. The molecule has 148 valence electrons. The van der Waals surface area contributed by atoms with Gasteiger partial charge in [-0.25, -0.2) is 4.39 Å². The van der Waals surface area contributed by atoms with E-state index in [1.54, 1.807) is 13.0 Å². The van der Waals surface area contributed by atoms with Crippen molar-refractivity contribution in [3.63, 3.8) is 0 Å². The summed E-state index contributed by atoms with van der Waals surface area (Å²) in [5.74, 6) is -0.808. The lowest BCUT2D eigenvalue weighted by molar-refractivity contribution is -0.114. The predicted molar refractivity (Wildman–Crippen MR) is 107 cm³/mol. The van der Waals surface area contributed by atoms with Crippen molar-refractivity contribution >= 4 is 28.9 Å². The maximum atomic E-state index is 13.2. The lowest BCUT2D eigenvalue weighted by Gasteiger charge is -2.13. The molecule has 0 spiro atoms. The number of hydrogen-bond acceptors (Lipinski definition) is 5. The zero-order valence-corrected chi connectivity index (χ0v) is 16.8. The number of oxime groups is 2. The van der Waals surface area contributed by atoms with Crippen LogP contribution in [0.25, 0.3) is 0 Å². The fourth-order valence-electron chi connectivity index (χ4n) is 2.56. The van der Waals surface area contributed by atoms with Crippen molar-refractivity contribution in [2.45, 2.75) is 20.5 Å². The fraction of sp³-hybridized carbons (Fsp3) is 0.250. The van der Waals surface area contributed by atoms with E-state index in [0.29, 0.717) is 16.8 Å². The van der Waals surface area contributed by atoms with Crippen LogP contribution >= 0.6 is 11.6 Å². The van der Waals surface area contributed by atoms with E-state index in [1.807, 2.05) is 19.1 Å². The van der Waals surface area contributed by atoms with Gasteiger partial charge in [0.2, 0.25) is 0 Å².